The average Bonchev–Trinajstić information content (AvgIpc) is 2.78. The Labute approximate surface area is 114 Å². The molecule has 102 valence electrons. The van der Waals surface area contributed by atoms with Crippen LogP contribution in [0.25, 0.3) is 0 Å². The molecule has 0 aromatic carbocycles. The largest absolute Gasteiger partial charge is 0.314 e. The lowest BCUT2D eigenvalue weighted by Gasteiger charge is -2.23. The Bertz CT molecular complexity index is 354. The van der Waals surface area contributed by atoms with Crippen molar-refractivity contribution in [3.63, 3.8) is 0 Å². The third-order valence-corrected chi connectivity index (χ3v) is 4.88. The minimum absolute atomic E-state index is 0.553. The summed E-state index contributed by atoms with van der Waals surface area (Å²) in [5.41, 5.74) is 0. The molecule has 3 nitrogen and oxygen atoms in total. The number of aromatic nitrogens is 2. The van der Waals surface area contributed by atoms with Crippen molar-refractivity contribution in [1.29, 1.82) is 0 Å². The quantitative estimate of drug-likeness (QED) is 0.889. The molecule has 1 aromatic rings. The summed E-state index contributed by atoms with van der Waals surface area (Å²) in [6.07, 6.45) is 6.34. The lowest BCUT2D eigenvalue weighted by Crippen LogP contribution is -2.24. The van der Waals surface area contributed by atoms with Gasteiger partial charge in [0.15, 0.2) is 0 Å². The molecule has 18 heavy (non-hydrogen) atoms. The summed E-state index contributed by atoms with van der Waals surface area (Å²) >= 11 is 1.83. The third kappa shape index (κ3) is 4.02. The lowest BCUT2D eigenvalue weighted by molar-refractivity contribution is 0.346. The van der Waals surface area contributed by atoms with E-state index in [1.807, 2.05) is 11.3 Å². The molecule has 1 heterocycles. The Balaban J connectivity index is 1.82. The van der Waals surface area contributed by atoms with Crippen LogP contribution >= 0.6 is 11.3 Å². The monoisotopic (exact) mass is 267 g/mol. The lowest BCUT2D eigenvalue weighted by atomic mass is 9.83. The van der Waals surface area contributed by atoms with Gasteiger partial charge in [0.05, 0.1) is 0 Å². The highest BCUT2D eigenvalue weighted by molar-refractivity contribution is 7.11. The summed E-state index contributed by atoms with van der Waals surface area (Å²) in [5, 5.41) is 14.6. The summed E-state index contributed by atoms with van der Waals surface area (Å²) in [4.78, 5) is 0. The van der Waals surface area contributed by atoms with Crippen LogP contribution < -0.4 is 5.32 Å². The molecule has 0 bridgehead atoms. The molecule has 1 aliphatic rings. The number of rotatable bonds is 5. The summed E-state index contributed by atoms with van der Waals surface area (Å²) < 4.78 is 0. The normalized spacial score (nSPS) is 24.7. The maximum Gasteiger partial charge on any atom is 0.120 e. The standard InChI is InChI=1S/C14H25N3S/c1-10(2)15-9-8-13-16-17-14(18-13)12-6-4-11(3)5-7-12/h10-12,15H,4-9H2,1-3H3. The Morgan fingerprint density at radius 3 is 2.61 bits per heavy atom. The van der Waals surface area contributed by atoms with Crippen molar-refractivity contribution in [2.75, 3.05) is 6.54 Å². The number of hydrogen-bond donors (Lipinski definition) is 1. The molecule has 1 aromatic heterocycles. The van der Waals surface area contributed by atoms with E-state index in [1.165, 1.54) is 35.7 Å². The maximum atomic E-state index is 4.40. The zero-order chi connectivity index (χ0) is 13.0. The van der Waals surface area contributed by atoms with Gasteiger partial charge in [0.2, 0.25) is 0 Å². The van der Waals surface area contributed by atoms with E-state index in [1.54, 1.807) is 0 Å². The first-order valence-electron chi connectivity index (χ1n) is 7.20. The van der Waals surface area contributed by atoms with E-state index in [-0.39, 0.29) is 0 Å². The zero-order valence-electron chi connectivity index (χ0n) is 11.8. The molecular weight excluding hydrogens is 242 g/mol. The van der Waals surface area contributed by atoms with Crippen LogP contribution in [0.5, 0.6) is 0 Å². The van der Waals surface area contributed by atoms with Gasteiger partial charge in [-0.05, 0) is 18.8 Å². The fourth-order valence-corrected chi connectivity index (χ4v) is 3.52. The molecule has 1 saturated carbocycles. The Hall–Kier alpha value is -0.480. The van der Waals surface area contributed by atoms with Crippen LogP contribution in [0.1, 0.15) is 62.4 Å². The number of hydrogen-bond acceptors (Lipinski definition) is 4. The van der Waals surface area contributed by atoms with E-state index in [0.29, 0.717) is 12.0 Å². The van der Waals surface area contributed by atoms with Gasteiger partial charge in [-0.2, -0.15) is 0 Å². The van der Waals surface area contributed by atoms with Gasteiger partial charge in [0.1, 0.15) is 10.0 Å². The van der Waals surface area contributed by atoms with E-state index in [4.69, 9.17) is 0 Å². The molecule has 1 fully saturated rings. The Morgan fingerprint density at radius 2 is 1.94 bits per heavy atom. The van der Waals surface area contributed by atoms with Crippen molar-refractivity contribution in [2.24, 2.45) is 5.92 Å². The smallest absolute Gasteiger partial charge is 0.120 e. The van der Waals surface area contributed by atoms with Crippen LogP contribution in [0.15, 0.2) is 0 Å². The minimum atomic E-state index is 0.553. The molecule has 1 aliphatic carbocycles. The second-order valence-corrected chi connectivity index (χ2v) is 6.94. The number of nitrogens with zero attached hydrogens (tertiary/aromatic N) is 2. The van der Waals surface area contributed by atoms with Crippen LogP contribution in [0, 0.1) is 5.92 Å². The third-order valence-electron chi connectivity index (χ3n) is 3.74. The molecule has 0 spiro atoms. The molecule has 1 N–H and O–H groups in total. The highest BCUT2D eigenvalue weighted by Gasteiger charge is 2.22. The van der Waals surface area contributed by atoms with E-state index in [2.05, 4.69) is 36.3 Å². The van der Waals surface area contributed by atoms with Gasteiger partial charge < -0.3 is 5.32 Å². The van der Waals surface area contributed by atoms with Crippen molar-refractivity contribution in [2.45, 2.75) is 64.8 Å². The highest BCUT2D eigenvalue weighted by atomic mass is 32.1. The van der Waals surface area contributed by atoms with Gasteiger partial charge in [0.25, 0.3) is 0 Å². The van der Waals surface area contributed by atoms with E-state index in [9.17, 15) is 0 Å². The van der Waals surface area contributed by atoms with Gasteiger partial charge in [0, 0.05) is 24.9 Å². The number of nitrogens with one attached hydrogen (secondary N) is 1. The Kier molecular flexibility index (Phi) is 5.13. The van der Waals surface area contributed by atoms with Crippen LogP contribution in [0.2, 0.25) is 0 Å². The van der Waals surface area contributed by atoms with Gasteiger partial charge in [-0.3, -0.25) is 0 Å². The second-order valence-electron chi connectivity index (χ2n) is 5.85. The molecule has 4 heteroatoms. The minimum Gasteiger partial charge on any atom is -0.314 e. The first-order chi connectivity index (χ1) is 8.65. The summed E-state index contributed by atoms with van der Waals surface area (Å²) in [5.74, 6) is 1.59. The van der Waals surface area contributed by atoms with E-state index in [0.717, 1.165) is 18.9 Å². The van der Waals surface area contributed by atoms with E-state index >= 15 is 0 Å². The highest BCUT2D eigenvalue weighted by Crippen LogP contribution is 2.36. The van der Waals surface area contributed by atoms with Crippen molar-refractivity contribution in [1.82, 2.24) is 15.5 Å². The second kappa shape index (κ2) is 6.62. The average molecular weight is 267 g/mol. The van der Waals surface area contributed by atoms with Crippen molar-refractivity contribution in [3.05, 3.63) is 10.0 Å². The summed E-state index contributed by atoms with van der Waals surface area (Å²) in [6, 6.07) is 0.553. The van der Waals surface area contributed by atoms with Gasteiger partial charge in [-0.25, -0.2) is 0 Å². The van der Waals surface area contributed by atoms with Gasteiger partial charge >= 0.3 is 0 Å². The molecule has 0 aliphatic heterocycles. The van der Waals surface area contributed by atoms with E-state index < -0.39 is 0 Å². The predicted octanol–water partition coefficient (Wildman–Crippen LogP) is 3.37. The molecule has 0 amide bonds. The topological polar surface area (TPSA) is 37.8 Å². The van der Waals surface area contributed by atoms with Crippen LogP contribution in [-0.2, 0) is 6.42 Å². The Morgan fingerprint density at radius 1 is 1.22 bits per heavy atom. The molecule has 0 atom stereocenters. The fraction of sp³-hybridized carbons (Fsp3) is 0.857. The molecule has 0 radical (unpaired) electrons. The summed E-state index contributed by atoms with van der Waals surface area (Å²) in [6.45, 7) is 7.72. The first-order valence-corrected chi connectivity index (χ1v) is 8.02. The maximum absolute atomic E-state index is 4.40. The van der Waals surface area contributed by atoms with Gasteiger partial charge in [-0.15, -0.1) is 21.5 Å². The fourth-order valence-electron chi connectivity index (χ4n) is 2.51. The van der Waals surface area contributed by atoms with Crippen molar-refractivity contribution < 1.29 is 0 Å². The molecular formula is C14H25N3S. The molecule has 0 unspecified atom stereocenters. The zero-order valence-corrected chi connectivity index (χ0v) is 12.6. The molecule has 0 saturated heterocycles. The van der Waals surface area contributed by atoms with Crippen molar-refractivity contribution >= 4 is 11.3 Å². The molecule has 2 rings (SSSR count). The SMILES string of the molecule is CC1CCC(c2nnc(CCNC(C)C)s2)CC1. The predicted molar refractivity (Wildman–Crippen MR) is 77.1 cm³/mol. The van der Waals surface area contributed by atoms with Crippen LogP contribution in [-0.4, -0.2) is 22.8 Å². The van der Waals surface area contributed by atoms with Crippen LogP contribution in [0.3, 0.4) is 0 Å². The van der Waals surface area contributed by atoms with Crippen LogP contribution in [0.4, 0.5) is 0 Å². The first kappa shape index (κ1) is 13.9. The van der Waals surface area contributed by atoms with Gasteiger partial charge in [-0.1, -0.05) is 33.6 Å². The summed E-state index contributed by atoms with van der Waals surface area (Å²) in [7, 11) is 0. The van der Waals surface area contributed by atoms with Crippen molar-refractivity contribution in [3.8, 4) is 0 Å².